The maximum Gasteiger partial charge on any atom is 0.0594 e. The van der Waals surface area contributed by atoms with Crippen molar-refractivity contribution in [1.29, 1.82) is 0 Å². The van der Waals surface area contributed by atoms with Crippen LogP contribution >= 0.6 is 0 Å². The zero-order chi connectivity index (χ0) is 15.4. The van der Waals surface area contributed by atoms with Gasteiger partial charge in [0.25, 0.3) is 0 Å². The van der Waals surface area contributed by atoms with Crippen molar-refractivity contribution < 1.29 is 4.74 Å². The van der Waals surface area contributed by atoms with E-state index in [2.05, 4.69) is 41.8 Å². The molecule has 3 rings (SSSR count). The van der Waals surface area contributed by atoms with Crippen molar-refractivity contribution >= 4 is 5.69 Å². The smallest absolute Gasteiger partial charge is 0.0594 e. The Morgan fingerprint density at radius 3 is 2.36 bits per heavy atom. The molecule has 0 aliphatic carbocycles. The summed E-state index contributed by atoms with van der Waals surface area (Å²) in [7, 11) is 0. The van der Waals surface area contributed by atoms with Gasteiger partial charge < -0.3 is 9.64 Å². The Morgan fingerprint density at radius 1 is 1.00 bits per heavy atom. The van der Waals surface area contributed by atoms with E-state index in [4.69, 9.17) is 4.74 Å². The van der Waals surface area contributed by atoms with Crippen LogP contribution in [-0.4, -0.2) is 50.3 Å². The van der Waals surface area contributed by atoms with Gasteiger partial charge in [-0.3, -0.25) is 4.90 Å². The normalized spacial score (nSPS) is 21.3. The van der Waals surface area contributed by atoms with Crippen LogP contribution in [0, 0.1) is 0 Å². The van der Waals surface area contributed by atoms with E-state index in [9.17, 15) is 0 Å². The maximum atomic E-state index is 5.48. The molecule has 3 heteroatoms. The molecular formula is C19H30N2O. The van der Waals surface area contributed by atoms with Crippen molar-refractivity contribution in [2.24, 2.45) is 0 Å². The van der Waals surface area contributed by atoms with Gasteiger partial charge in [0, 0.05) is 37.9 Å². The molecule has 0 radical (unpaired) electrons. The van der Waals surface area contributed by atoms with Crippen molar-refractivity contribution in [3.8, 4) is 0 Å². The summed E-state index contributed by atoms with van der Waals surface area (Å²) in [5.41, 5.74) is 4.45. The zero-order valence-corrected chi connectivity index (χ0v) is 14.2. The molecule has 22 heavy (non-hydrogen) atoms. The predicted molar refractivity (Wildman–Crippen MR) is 92.8 cm³/mol. The number of aryl methyl sites for hydroxylation is 2. The Labute approximate surface area is 135 Å². The molecule has 0 unspecified atom stereocenters. The van der Waals surface area contributed by atoms with Gasteiger partial charge in [-0.2, -0.15) is 0 Å². The van der Waals surface area contributed by atoms with E-state index in [1.54, 1.807) is 0 Å². The topological polar surface area (TPSA) is 15.7 Å². The highest BCUT2D eigenvalue weighted by molar-refractivity contribution is 5.56. The molecule has 1 aromatic rings. The molecular weight excluding hydrogens is 272 g/mol. The summed E-state index contributed by atoms with van der Waals surface area (Å²) in [4.78, 5) is 5.26. The first-order chi connectivity index (χ1) is 10.8. The number of nitrogens with zero attached hydrogens (tertiary/aromatic N) is 2. The summed E-state index contributed by atoms with van der Waals surface area (Å²) in [6, 6.07) is 7.82. The third kappa shape index (κ3) is 3.47. The Balaban J connectivity index is 1.65. The van der Waals surface area contributed by atoms with Crippen LogP contribution in [0.25, 0.3) is 0 Å². The molecule has 1 aromatic carbocycles. The molecule has 2 saturated heterocycles. The van der Waals surface area contributed by atoms with Crippen LogP contribution in [0.3, 0.4) is 0 Å². The summed E-state index contributed by atoms with van der Waals surface area (Å²) >= 11 is 0. The van der Waals surface area contributed by atoms with E-state index in [0.29, 0.717) is 0 Å². The average molecular weight is 302 g/mol. The maximum absolute atomic E-state index is 5.48. The number of morpholine rings is 1. The van der Waals surface area contributed by atoms with Crippen molar-refractivity contribution in [3.05, 3.63) is 29.3 Å². The van der Waals surface area contributed by atoms with Crippen molar-refractivity contribution in [2.75, 3.05) is 44.3 Å². The molecule has 0 bridgehead atoms. The van der Waals surface area contributed by atoms with E-state index in [0.717, 1.165) is 45.2 Å². The summed E-state index contributed by atoms with van der Waals surface area (Å²) in [5.74, 6) is 0. The SMILES string of the molecule is CCc1ccc(CC)c(N2CCC(N3CCOCC3)CC2)c1. The highest BCUT2D eigenvalue weighted by atomic mass is 16.5. The van der Waals surface area contributed by atoms with Crippen LogP contribution in [-0.2, 0) is 17.6 Å². The minimum atomic E-state index is 0.764. The summed E-state index contributed by atoms with van der Waals surface area (Å²) in [6.45, 7) is 11.0. The third-order valence-electron chi connectivity index (χ3n) is 5.31. The Kier molecular flexibility index (Phi) is 5.37. The lowest BCUT2D eigenvalue weighted by molar-refractivity contribution is 0.0115. The lowest BCUT2D eigenvalue weighted by atomic mass is 9.99. The van der Waals surface area contributed by atoms with Crippen LogP contribution in [0.15, 0.2) is 18.2 Å². The van der Waals surface area contributed by atoms with E-state index in [-0.39, 0.29) is 0 Å². The Hall–Kier alpha value is -1.06. The Morgan fingerprint density at radius 2 is 1.73 bits per heavy atom. The summed E-state index contributed by atoms with van der Waals surface area (Å²) < 4.78 is 5.48. The molecule has 3 nitrogen and oxygen atoms in total. The van der Waals surface area contributed by atoms with Crippen molar-refractivity contribution in [2.45, 2.75) is 45.6 Å². The number of hydrogen-bond acceptors (Lipinski definition) is 3. The highest BCUT2D eigenvalue weighted by Gasteiger charge is 2.26. The fraction of sp³-hybridized carbons (Fsp3) is 0.684. The molecule has 0 aromatic heterocycles. The minimum absolute atomic E-state index is 0.764. The molecule has 2 aliphatic rings. The van der Waals surface area contributed by atoms with E-state index in [1.807, 2.05) is 0 Å². The predicted octanol–water partition coefficient (Wildman–Crippen LogP) is 3.11. The van der Waals surface area contributed by atoms with Gasteiger partial charge in [0.1, 0.15) is 0 Å². The second-order valence-electron chi connectivity index (χ2n) is 6.54. The van der Waals surface area contributed by atoms with Crippen LogP contribution in [0.1, 0.15) is 37.8 Å². The van der Waals surface area contributed by atoms with Gasteiger partial charge in [-0.1, -0.05) is 26.0 Å². The van der Waals surface area contributed by atoms with Gasteiger partial charge >= 0.3 is 0 Å². The van der Waals surface area contributed by atoms with Crippen LogP contribution < -0.4 is 4.90 Å². The quantitative estimate of drug-likeness (QED) is 0.850. The Bertz CT molecular complexity index is 474. The van der Waals surface area contributed by atoms with E-state index < -0.39 is 0 Å². The lowest BCUT2D eigenvalue weighted by Crippen LogP contribution is -2.49. The molecule has 2 heterocycles. The van der Waals surface area contributed by atoms with E-state index >= 15 is 0 Å². The summed E-state index contributed by atoms with van der Waals surface area (Å²) in [6.07, 6.45) is 4.84. The number of benzene rings is 1. The number of hydrogen-bond donors (Lipinski definition) is 0. The molecule has 122 valence electrons. The second-order valence-corrected chi connectivity index (χ2v) is 6.54. The number of anilines is 1. The largest absolute Gasteiger partial charge is 0.379 e. The van der Waals surface area contributed by atoms with Crippen molar-refractivity contribution in [3.63, 3.8) is 0 Å². The van der Waals surface area contributed by atoms with Crippen molar-refractivity contribution in [1.82, 2.24) is 4.90 Å². The van der Waals surface area contributed by atoms with Crippen LogP contribution in [0.2, 0.25) is 0 Å². The first-order valence-electron chi connectivity index (χ1n) is 9.00. The van der Waals surface area contributed by atoms with Gasteiger partial charge in [-0.05, 0) is 42.9 Å². The first kappa shape index (κ1) is 15.8. The van der Waals surface area contributed by atoms with Gasteiger partial charge in [0.15, 0.2) is 0 Å². The molecule has 2 fully saturated rings. The average Bonchev–Trinajstić information content (AvgIpc) is 2.62. The standard InChI is InChI=1S/C19H30N2O/c1-3-16-5-6-17(4-2)19(15-16)21-9-7-18(8-10-21)20-11-13-22-14-12-20/h5-6,15,18H,3-4,7-14H2,1-2H3. The monoisotopic (exact) mass is 302 g/mol. The fourth-order valence-electron chi connectivity index (χ4n) is 3.84. The first-order valence-corrected chi connectivity index (χ1v) is 9.00. The molecule has 0 spiro atoms. The van der Waals surface area contributed by atoms with Gasteiger partial charge in [-0.15, -0.1) is 0 Å². The zero-order valence-electron chi connectivity index (χ0n) is 14.2. The van der Waals surface area contributed by atoms with Gasteiger partial charge in [0.2, 0.25) is 0 Å². The highest BCUT2D eigenvalue weighted by Crippen LogP contribution is 2.28. The fourth-order valence-corrected chi connectivity index (χ4v) is 3.84. The second kappa shape index (κ2) is 7.47. The van der Waals surface area contributed by atoms with Crippen LogP contribution in [0.5, 0.6) is 0 Å². The molecule has 0 saturated carbocycles. The third-order valence-corrected chi connectivity index (χ3v) is 5.31. The van der Waals surface area contributed by atoms with Crippen LogP contribution in [0.4, 0.5) is 5.69 Å². The molecule has 0 amide bonds. The molecule has 0 N–H and O–H groups in total. The van der Waals surface area contributed by atoms with Gasteiger partial charge in [0.05, 0.1) is 13.2 Å². The lowest BCUT2D eigenvalue weighted by Gasteiger charge is -2.41. The van der Waals surface area contributed by atoms with E-state index in [1.165, 1.54) is 42.7 Å². The molecule has 2 aliphatic heterocycles. The van der Waals surface area contributed by atoms with Gasteiger partial charge in [-0.25, -0.2) is 0 Å². The summed E-state index contributed by atoms with van der Waals surface area (Å²) in [5, 5.41) is 0. The number of ether oxygens (including phenoxy) is 1. The molecule has 0 atom stereocenters. The number of rotatable bonds is 4. The number of piperidine rings is 1. The minimum Gasteiger partial charge on any atom is -0.379 e.